The fourth-order valence-electron chi connectivity index (χ4n) is 1.95. The smallest absolute Gasteiger partial charge is 0.237 e. The summed E-state index contributed by atoms with van der Waals surface area (Å²) in [6.07, 6.45) is 1.43. The summed E-state index contributed by atoms with van der Waals surface area (Å²) in [5.41, 5.74) is 5.99. The van der Waals surface area contributed by atoms with Gasteiger partial charge in [-0.15, -0.1) is 0 Å². The Morgan fingerprint density at radius 3 is 2.70 bits per heavy atom. The summed E-state index contributed by atoms with van der Waals surface area (Å²) in [5, 5.41) is 2.97. The Hall–Kier alpha value is -1.55. The first kappa shape index (κ1) is 16.5. The lowest BCUT2D eigenvalue weighted by Gasteiger charge is -2.25. The van der Waals surface area contributed by atoms with Gasteiger partial charge in [0.1, 0.15) is 5.75 Å². The Balaban J connectivity index is 2.45. The van der Waals surface area contributed by atoms with Gasteiger partial charge in [-0.05, 0) is 50.4 Å². The van der Waals surface area contributed by atoms with E-state index in [1.54, 1.807) is 7.05 Å². The summed E-state index contributed by atoms with van der Waals surface area (Å²) in [5.74, 6) is 1.03. The van der Waals surface area contributed by atoms with Gasteiger partial charge in [0.25, 0.3) is 0 Å². The fraction of sp³-hybridized carbons (Fsp3) is 0.562. The molecule has 0 aliphatic carbocycles. The van der Waals surface area contributed by atoms with Crippen LogP contribution in [0.1, 0.15) is 45.1 Å². The molecule has 4 heteroatoms. The van der Waals surface area contributed by atoms with Gasteiger partial charge in [-0.2, -0.15) is 0 Å². The predicted molar refractivity (Wildman–Crippen MR) is 81.9 cm³/mol. The van der Waals surface area contributed by atoms with Crippen molar-refractivity contribution in [3.05, 3.63) is 29.8 Å². The zero-order chi connectivity index (χ0) is 15.2. The van der Waals surface area contributed by atoms with Crippen molar-refractivity contribution in [2.75, 3.05) is 13.7 Å². The molecule has 1 rings (SSSR count). The van der Waals surface area contributed by atoms with E-state index in [0.717, 1.165) is 12.2 Å². The molecule has 1 atom stereocenters. The van der Waals surface area contributed by atoms with E-state index >= 15 is 0 Å². The molecule has 0 aromatic heterocycles. The molecule has 0 spiro atoms. The molecule has 0 radical (unpaired) electrons. The van der Waals surface area contributed by atoms with Gasteiger partial charge in [0.15, 0.2) is 0 Å². The summed E-state index contributed by atoms with van der Waals surface area (Å²) in [6, 6.07) is 8.13. The van der Waals surface area contributed by atoms with Crippen molar-refractivity contribution < 1.29 is 9.53 Å². The van der Waals surface area contributed by atoms with E-state index in [1.165, 1.54) is 5.56 Å². The summed E-state index contributed by atoms with van der Waals surface area (Å²) in [7, 11) is 1.75. The molecule has 0 aliphatic rings. The molecule has 112 valence electrons. The summed E-state index contributed by atoms with van der Waals surface area (Å²) in [4.78, 5) is 11.4. The van der Waals surface area contributed by atoms with Crippen LogP contribution in [0.15, 0.2) is 24.3 Å². The van der Waals surface area contributed by atoms with Crippen LogP contribution in [0.2, 0.25) is 0 Å². The second-order valence-corrected chi connectivity index (χ2v) is 5.63. The Bertz CT molecular complexity index is 446. The van der Waals surface area contributed by atoms with Crippen molar-refractivity contribution in [3.63, 3.8) is 0 Å². The maximum atomic E-state index is 11.4. The van der Waals surface area contributed by atoms with Crippen molar-refractivity contribution in [3.8, 4) is 5.75 Å². The molecule has 0 aliphatic heterocycles. The monoisotopic (exact) mass is 278 g/mol. The van der Waals surface area contributed by atoms with E-state index in [1.807, 2.05) is 19.1 Å². The molecule has 0 bridgehead atoms. The van der Waals surface area contributed by atoms with Gasteiger partial charge in [0.2, 0.25) is 5.91 Å². The number of nitrogens with two attached hydrogens (primary N) is 1. The Morgan fingerprint density at radius 2 is 2.15 bits per heavy atom. The first-order valence-corrected chi connectivity index (χ1v) is 7.10. The Labute approximate surface area is 121 Å². The third-order valence-corrected chi connectivity index (χ3v) is 3.71. The van der Waals surface area contributed by atoms with Crippen molar-refractivity contribution in [2.45, 2.75) is 45.1 Å². The summed E-state index contributed by atoms with van der Waals surface area (Å²) >= 11 is 0. The SMILES string of the molecule is CNC(C)(CCCOc1cccc(C(C)C)c1)C(N)=O. The average Bonchev–Trinajstić information content (AvgIpc) is 2.43. The molecular formula is C16H26N2O2. The van der Waals surface area contributed by atoms with Crippen LogP contribution in [-0.2, 0) is 4.79 Å². The lowest BCUT2D eigenvalue weighted by Crippen LogP contribution is -2.51. The first-order valence-electron chi connectivity index (χ1n) is 7.10. The fourth-order valence-corrected chi connectivity index (χ4v) is 1.95. The van der Waals surface area contributed by atoms with Gasteiger partial charge in [0.05, 0.1) is 12.1 Å². The van der Waals surface area contributed by atoms with Gasteiger partial charge in [-0.25, -0.2) is 0 Å². The van der Waals surface area contributed by atoms with Gasteiger partial charge in [-0.1, -0.05) is 26.0 Å². The largest absolute Gasteiger partial charge is 0.494 e. The highest BCUT2D eigenvalue weighted by atomic mass is 16.5. The zero-order valence-corrected chi connectivity index (χ0v) is 12.9. The van der Waals surface area contributed by atoms with Gasteiger partial charge >= 0.3 is 0 Å². The molecule has 0 heterocycles. The second kappa shape index (κ2) is 7.29. The van der Waals surface area contributed by atoms with Crippen molar-refractivity contribution >= 4 is 5.91 Å². The maximum absolute atomic E-state index is 11.4. The number of hydrogen-bond donors (Lipinski definition) is 2. The molecule has 1 amide bonds. The molecule has 3 N–H and O–H groups in total. The topological polar surface area (TPSA) is 64.3 Å². The third kappa shape index (κ3) is 4.53. The second-order valence-electron chi connectivity index (χ2n) is 5.63. The van der Waals surface area contributed by atoms with Crippen LogP contribution >= 0.6 is 0 Å². The number of hydrogen-bond acceptors (Lipinski definition) is 3. The van der Waals surface area contributed by atoms with Crippen molar-refractivity contribution in [1.82, 2.24) is 5.32 Å². The molecule has 0 saturated carbocycles. The van der Waals surface area contributed by atoms with Crippen molar-refractivity contribution in [1.29, 1.82) is 0 Å². The van der Waals surface area contributed by atoms with E-state index in [0.29, 0.717) is 18.9 Å². The standard InChI is InChI=1S/C16H26N2O2/c1-12(2)13-7-5-8-14(11-13)20-10-6-9-16(3,18-4)15(17)19/h5,7-8,11-12,18H,6,9-10H2,1-4H3,(H2,17,19). The van der Waals surface area contributed by atoms with E-state index < -0.39 is 5.54 Å². The van der Waals surface area contributed by atoms with Crippen LogP contribution in [-0.4, -0.2) is 25.1 Å². The highest BCUT2D eigenvalue weighted by molar-refractivity contribution is 5.84. The quantitative estimate of drug-likeness (QED) is 0.718. The molecule has 4 nitrogen and oxygen atoms in total. The summed E-state index contributed by atoms with van der Waals surface area (Å²) < 4.78 is 5.74. The van der Waals surface area contributed by atoms with Gasteiger partial charge in [-0.3, -0.25) is 4.79 Å². The Kier molecular flexibility index (Phi) is 6.02. The number of benzene rings is 1. The average molecular weight is 278 g/mol. The molecule has 1 aromatic rings. The van der Waals surface area contributed by atoms with E-state index in [4.69, 9.17) is 10.5 Å². The number of carbonyl (C=O) groups excluding carboxylic acids is 1. The number of rotatable bonds is 8. The number of likely N-dealkylation sites (N-methyl/N-ethyl adjacent to an activating group) is 1. The lowest BCUT2D eigenvalue weighted by molar-refractivity contribution is -0.123. The molecule has 1 unspecified atom stereocenters. The van der Waals surface area contributed by atoms with E-state index in [2.05, 4.69) is 31.3 Å². The van der Waals surface area contributed by atoms with Crippen LogP contribution < -0.4 is 15.8 Å². The van der Waals surface area contributed by atoms with Crippen LogP contribution in [0.3, 0.4) is 0 Å². The van der Waals surface area contributed by atoms with Crippen LogP contribution in [0.25, 0.3) is 0 Å². The number of ether oxygens (including phenoxy) is 1. The lowest BCUT2D eigenvalue weighted by atomic mass is 9.95. The number of carbonyl (C=O) groups is 1. The van der Waals surface area contributed by atoms with Crippen LogP contribution in [0.5, 0.6) is 5.75 Å². The summed E-state index contributed by atoms with van der Waals surface area (Å²) in [6.45, 7) is 6.70. The number of primary amides is 1. The maximum Gasteiger partial charge on any atom is 0.237 e. The highest BCUT2D eigenvalue weighted by Crippen LogP contribution is 2.20. The van der Waals surface area contributed by atoms with Crippen molar-refractivity contribution in [2.24, 2.45) is 5.73 Å². The number of nitrogens with one attached hydrogen (secondary N) is 1. The number of amides is 1. The van der Waals surface area contributed by atoms with Gasteiger partial charge in [0, 0.05) is 0 Å². The van der Waals surface area contributed by atoms with Crippen LogP contribution in [0.4, 0.5) is 0 Å². The molecule has 0 saturated heterocycles. The van der Waals surface area contributed by atoms with E-state index in [-0.39, 0.29) is 5.91 Å². The highest BCUT2D eigenvalue weighted by Gasteiger charge is 2.28. The molecule has 0 fully saturated rings. The zero-order valence-electron chi connectivity index (χ0n) is 12.9. The molecular weight excluding hydrogens is 252 g/mol. The van der Waals surface area contributed by atoms with Gasteiger partial charge < -0.3 is 15.8 Å². The Morgan fingerprint density at radius 1 is 1.45 bits per heavy atom. The minimum Gasteiger partial charge on any atom is -0.494 e. The molecule has 20 heavy (non-hydrogen) atoms. The van der Waals surface area contributed by atoms with E-state index in [9.17, 15) is 4.79 Å². The van der Waals surface area contributed by atoms with Crippen LogP contribution in [0, 0.1) is 0 Å². The minimum absolute atomic E-state index is 0.332. The predicted octanol–water partition coefficient (Wildman–Crippen LogP) is 2.43. The third-order valence-electron chi connectivity index (χ3n) is 3.71. The minimum atomic E-state index is -0.664. The normalized spacial score (nSPS) is 14.1. The molecule has 1 aromatic carbocycles. The first-order chi connectivity index (χ1) is 9.39.